The van der Waals surface area contributed by atoms with E-state index in [1.807, 2.05) is 6.92 Å². The number of benzene rings is 1. The van der Waals surface area contributed by atoms with Crippen molar-refractivity contribution in [2.24, 2.45) is 0 Å². The van der Waals surface area contributed by atoms with Gasteiger partial charge in [0.15, 0.2) is 0 Å². The third-order valence-corrected chi connectivity index (χ3v) is 4.98. The number of amides is 1. The second kappa shape index (κ2) is 7.67. The SMILES string of the molecule is CCC(=O)N(Cc1cc(C2CC2)cc(C(C)(C)C)c1)c1cnc(OC)nc1. The highest BCUT2D eigenvalue weighted by atomic mass is 16.5. The number of nitrogens with zero attached hydrogens (tertiary/aromatic N) is 3. The molecule has 1 aromatic carbocycles. The van der Waals surface area contributed by atoms with E-state index in [1.54, 1.807) is 17.3 Å². The Kier molecular flexibility index (Phi) is 5.49. The van der Waals surface area contributed by atoms with E-state index >= 15 is 0 Å². The Morgan fingerprint density at radius 2 is 1.85 bits per heavy atom. The lowest BCUT2D eigenvalue weighted by atomic mass is 9.84. The fraction of sp³-hybridized carbons (Fsp3) is 0.500. The molecule has 1 aliphatic rings. The third-order valence-electron chi connectivity index (χ3n) is 4.98. The van der Waals surface area contributed by atoms with Crippen molar-refractivity contribution in [3.8, 4) is 6.01 Å². The van der Waals surface area contributed by atoms with Crippen molar-refractivity contribution in [2.75, 3.05) is 12.0 Å². The van der Waals surface area contributed by atoms with Crippen LogP contribution in [0.1, 0.15) is 69.6 Å². The zero-order valence-corrected chi connectivity index (χ0v) is 17.0. The Balaban J connectivity index is 1.95. The third kappa shape index (κ3) is 4.65. The average Bonchev–Trinajstić information content (AvgIpc) is 3.50. The van der Waals surface area contributed by atoms with Crippen LogP contribution >= 0.6 is 0 Å². The van der Waals surface area contributed by atoms with Gasteiger partial charge in [-0.1, -0.05) is 45.9 Å². The first-order valence-corrected chi connectivity index (χ1v) is 9.62. The first-order valence-electron chi connectivity index (χ1n) is 9.62. The lowest BCUT2D eigenvalue weighted by Gasteiger charge is -2.25. The van der Waals surface area contributed by atoms with Crippen molar-refractivity contribution in [3.05, 3.63) is 47.3 Å². The van der Waals surface area contributed by atoms with Gasteiger partial charge in [-0.15, -0.1) is 0 Å². The molecule has 0 atom stereocenters. The summed E-state index contributed by atoms with van der Waals surface area (Å²) in [6.45, 7) is 9.09. The van der Waals surface area contributed by atoms with Gasteiger partial charge in [0.1, 0.15) is 0 Å². The Morgan fingerprint density at radius 3 is 2.37 bits per heavy atom. The van der Waals surface area contributed by atoms with Gasteiger partial charge in [0.25, 0.3) is 0 Å². The summed E-state index contributed by atoms with van der Waals surface area (Å²) in [6.07, 6.45) is 6.25. The van der Waals surface area contributed by atoms with Crippen LogP contribution in [0, 0.1) is 0 Å². The minimum Gasteiger partial charge on any atom is -0.467 e. The maximum absolute atomic E-state index is 12.6. The van der Waals surface area contributed by atoms with Crippen LogP contribution in [-0.4, -0.2) is 23.0 Å². The summed E-state index contributed by atoms with van der Waals surface area (Å²) in [4.78, 5) is 22.7. The molecule has 1 heterocycles. The number of ether oxygens (including phenoxy) is 1. The first kappa shape index (κ1) is 19.3. The molecule has 1 fully saturated rings. The summed E-state index contributed by atoms with van der Waals surface area (Å²) in [5.74, 6) is 0.726. The minimum absolute atomic E-state index is 0.0536. The molecule has 0 aliphatic heterocycles. The Bertz CT molecular complexity index is 805. The smallest absolute Gasteiger partial charge is 0.316 e. The van der Waals surface area contributed by atoms with E-state index in [2.05, 4.69) is 48.9 Å². The van der Waals surface area contributed by atoms with Crippen LogP contribution in [0.25, 0.3) is 0 Å². The molecule has 0 N–H and O–H groups in total. The number of methoxy groups -OCH3 is 1. The fourth-order valence-corrected chi connectivity index (χ4v) is 3.15. The predicted octanol–water partition coefficient (Wildman–Crippen LogP) is 4.60. The van der Waals surface area contributed by atoms with E-state index in [0.29, 0.717) is 30.6 Å². The molecule has 0 spiro atoms. The van der Waals surface area contributed by atoms with Gasteiger partial charge in [-0.25, -0.2) is 9.97 Å². The van der Waals surface area contributed by atoms with Crippen molar-refractivity contribution >= 4 is 11.6 Å². The second-order valence-corrected chi connectivity index (χ2v) is 8.25. The number of aromatic nitrogens is 2. The van der Waals surface area contributed by atoms with E-state index in [-0.39, 0.29) is 11.3 Å². The number of hydrogen-bond acceptors (Lipinski definition) is 4. The number of anilines is 1. The summed E-state index contributed by atoms with van der Waals surface area (Å²) in [5.41, 5.74) is 4.63. The van der Waals surface area contributed by atoms with Crippen molar-refractivity contribution in [2.45, 2.75) is 64.8 Å². The average molecular weight is 367 g/mol. The highest BCUT2D eigenvalue weighted by Crippen LogP contribution is 2.42. The normalized spacial score (nSPS) is 14.1. The highest BCUT2D eigenvalue weighted by Gasteiger charge is 2.26. The van der Waals surface area contributed by atoms with Crippen LogP contribution in [-0.2, 0) is 16.8 Å². The number of carbonyl (C=O) groups excluding carboxylic acids is 1. The summed E-state index contributed by atoms with van der Waals surface area (Å²) >= 11 is 0. The van der Waals surface area contributed by atoms with Crippen LogP contribution in [0.5, 0.6) is 6.01 Å². The molecule has 0 radical (unpaired) electrons. The molecule has 1 saturated carbocycles. The van der Waals surface area contributed by atoms with Gasteiger partial charge in [-0.05, 0) is 40.9 Å². The molecular formula is C22H29N3O2. The van der Waals surface area contributed by atoms with E-state index in [1.165, 1.54) is 31.1 Å². The molecule has 1 aromatic heterocycles. The van der Waals surface area contributed by atoms with Crippen LogP contribution in [0.15, 0.2) is 30.6 Å². The first-order chi connectivity index (χ1) is 12.8. The highest BCUT2D eigenvalue weighted by molar-refractivity contribution is 5.92. The predicted molar refractivity (Wildman–Crippen MR) is 107 cm³/mol. The molecule has 0 unspecified atom stereocenters. The van der Waals surface area contributed by atoms with Crippen LogP contribution in [0.3, 0.4) is 0 Å². The summed E-state index contributed by atoms with van der Waals surface area (Å²) in [5, 5.41) is 0. The second-order valence-electron chi connectivity index (χ2n) is 8.25. The Morgan fingerprint density at radius 1 is 1.19 bits per heavy atom. The largest absolute Gasteiger partial charge is 0.467 e. The van der Waals surface area contributed by atoms with E-state index in [4.69, 9.17) is 4.74 Å². The molecule has 144 valence electrons. The molecule has 1 amide bonds. The van der Waals surface area contributed by atoms with Crippen LogP contribution in [0.4, 0.5) is 5.69 Å². The summed E-state index contributed by atoms with van der Waals surface area (Å²) < 4.78 is 5.03. The molecule has 1 aliphatic carbocycles. The van der Waals surface area contributed by atoms with Crippen molar-refractivity contribution in [1.29, 1.82) is 0 Å². The zero-order chi connectivity index (χ0) is 19.6. The fourth-order valence-electron chi connectivity index (χ4n) is 3.15. The topological polar surface area (TPSA) is 55.3 Å². The standard InChI is InChI=1S/C22H29N3O2/c1-6-20(26)25(19-12-23-21(27-5)24-13-19)14-15-9-17(16-7-8-16)11-18(10-15)22(2,3)4/h9-13,16H,6-8,14H2,1-5H3. The van der Waals surface area contributed by atoms with E-state index < -0.39 is 0 Å². The number of hydrogen-bond donors (Lipinski definition) is 0. The number of rotatable bonds is 6. The van der Waals surface area contributed by atoms with Crippen LogP contribution < -0.4 is 9.64 Å². The van der Waals surface area contributed by atoms with Crippen molar-refractivity contribution in [3.63, 3.8) is 0 Å². The molecule has 0 bridgehead atoms. The van der Waals surface area contributed by atoms with E-state index in [9.17, 15) is 4.79 Å². The molecule has 3 rings (SSSR count). The summed E-state index contributed by atoms with van der Waals surface area (Å²) in [6, 6.07) is 7.12. The van der Waals surface area contributed by atoms with Crippen molar-refractivity contribution in [1.82, 2.24) is 9.97 Å². The maximum atomic E-state index is 12.6. The Hall–Kier alpha value is -2.43. The van der Waals surface area contributed by atoms with Gasteiger partial charge in [-0.2, -0.15) is 0 Å². The molecule has 27 heavy (non-hydrogen) atoms. The number of carbonyl (C=O) groups is 1. The lowest BCUT2D eigenvalue weighted by Crippen LogP contribution is -2.30. The Labute approximate surface area is 161 Å². The molecule has 0 saturated heterocycles. The van der Waals surface area contributed by atoms with Gasteiger partial charge in [0, 0.05) is 6.42 Å². The van der Waals surface area contributed by atoms with Gasteiger partial charge in [0.05, 0.1) is 31.7 Å². The quantitative estimate of drug-likeness (QED) is 0.748. The van der Waals surface area contributed by atoms with E-state index in [0.717, 1.165) is 5.56 Å². The van der Waals surface area contributed by atoms with Crippen molar-refractivity contribution < 1.29 is 9.53 Å². The van der Waals surface area contributed by atoms with Gasteiger partial charge in [-0.3, -0.25) is 4.79 Å². The molecule has 2 aromatic rings. The van der Waals surface area contributed by atoms with Gasteiger partial charge >= 0.3 is 6.01 Å². The minimum atomic E-state index is 0.0536. The molecule has 5 heteroatoms. The molecule has 5 nitrogen and oxygen atoms in total. The van der Waals surface area contributed by atoms with Gasteiger partial charge in [0.2, 0.25) is 5.91 Å². The summed E-state index contributed by atoms with van der Waals surface area (Å²) in [7, 11) is 1.53. The monoisotopic (exact) mass is 367 g/mol. The molecular weight excluding hydrogens is 338 g/mol. The zero-order valence-electron chi connectivity index (χ0n) is 17.0. The van der Waals surface area contributed by atoms with Gasteiger partial charge < -0.3 is 9.64 Å². The lowest BCUT2D eigenvalue weighted by molar-refractivity contribution is -0.118. The maximum Gasteiger partial charge on any atom is 0.316 e. The van der Waals surface area contributed by atoms with Crippen LogP contribution in [0.2, 0.25) is 0 Å².